The third kappa shape index (κ3) is 5.09. The molecule has 1 aliphatic heterocycles. The minimum absolute atomic E-state index is 0.0374. The molecule has 0 saturated carbocycles. The summed E-state index contributed by atoms with van der Waals surface area (Å²) in [5, 5.41) is 2.94. The molecular formula is C22H29N3O3. The number of aryl methyl sites for hydroxylation is 1. The van der Waals surface area contributed by atoms with Crippen molar-refractivity contribution in [1.82, 2.24) is 10.2 Å². The van der Waals surface area contributed by atoms with Gasteiger partial charge in [-0.3, -0.25) is 0 Å². The predicted molar refractivity (Wildman–Crippen MR) is 111 cm³/mol. The summed E-state index contributed by atoms with van der Waals surface area (Å²) in [5.41, 5.74) is 2.36. The van der Waals surface area contributed by atoms with Gasteiger partial charge in [0.25, 0.3) is 0 Å². The Morgan fingerprint density at radius 1 is 1.04 bits per heavy atom. The second-order valence-electron chi connectivity index (χ2n) is 6.72. The first-order valence-corrected chi connectivity index (χ1v) is 9.83. The van der Waals surface area contributed by atoms with Gasteiger partial charge in [-0.15, -0.1) is 0 Å². The highest BCUT2D eigenvalue weighted by atomic mass is 16.5. The summed E-state index contributed by atoms with van der Waals surface area (Å²) in [6.45, 7) is 6.01. The van der Waals surface area contributed by atoms with Crippen LogP contribution in [0.5, 0.6) is 11.5 Å². The number of carbonyl (C=O) groups is 1. The van der Waals surface area contributed by atoms with Crippen LogP contribution in [0.1, 0.15) is 12.5 Å². The van der Waals surface area contributed by atoms with Crippen molar-refractivity contribution >= 4 is 11.7 Å². The number of urea groups is 1. The first-order valence-electron chi connectivity index (χ1n) is 9.83. The molecule has 2 aromatic rings. The Labute approximate surface area is 167 Å². The highest BCUT2D eigenvalue weighted by Gasteiger charge is 2.22. The van der Waals surface area contributed by atoms with Gasteiger partial charge in [0.1, 0.15) is 18.1 Å². The Hall–Kier alpha value is -2.89. The fraction of sp³-hybridized carbons (Fsp3) is 0.409. The van der Waals surface area contributed by atoms with E-state index in [2.05, 4.69) is 35.3 Å². The molecule has 2 amide bonds. The Bertz CT molecular complexity index is 756. The predicted octanol–water partition coefficient (Wildman–Crippen LogP) is 3.17. The lowest BCUT2D eigenvalue weighted by atomic mass is 10.2. The van der Waals surface area contributed by atoms with E-state index in [0.717, 1.165) is 36.7 Å². The van der Waals surface area contributed by atoms with Gasteiger partial charge in [-0.05, 0) is 36.2 Å². The quantitative estimate of drug-likeness (QED) is 0.746. The minimum Gasteiger partial charge on any atom is -0.495 e. The molecule has 1 saturated heterocycles. The molecule has 1 N–H and O–H groups in total. The number of hydrogen-bond donors (Lipinski definition) is 1. The molecule has 6 heteroatoms. The molecule has 1 fully saturated rings. The number of ether oxygens (including phenoxy) is 2. The number of rotatable bonds is 7. The number of carbonyl (C=O) groups excluding carboxylic acids is 1. The first kappa shape index (κ1) is 19.9. The average Bonchev–Trinajstić information content (AvgIpc) is 2.77. The van der Waals surface area contributed by atoms with E-state index in [1.807, 2.05) is 35.2 Å². The van der Waals surface area contributed by atoms with Crippen LogP contribution in [0.25, 0.3) is 0 Å². The van der Waals surface area contributed by atoms with Gasteiger partial charge in [0, 0.05) is 26.2 Å². The number of nitrogens with zero attached hydrogens (tertiary/aromatic N) is 2. The van der Waals surface area contributed by atoms with Gasteiger partial charge in [0.2, 0.25) is 0 Å². The molecule has 0 aliphatic carbocycles. The van der Waals surface area contributed by atoms with Crippen LogP contribution in [0.2, 0.25) is 0 Å². The third-order valence-electron chi connectivity index (χ3n) is 4.97. The molecule has 1 heterocycles. The van der Waals surface area contributed by atoms with E-state index in [4.69, 9.17) is 9.47 Å². The van der Waals surface area contributed by atoms with Crippen molar-refractivity contribution in [2.24, 2.45) is 0 Å². The molecule has 28 heavy (non-hydrogen) atoms. The lowest BCUT2D eigenvalue weighted by Crippen LogP contribution is -2.52. The van der Waals surface area contributed by atoms with E-state index >= 15 is 0 Å². The molecular weight excluding hydrogens is 354 g/mol. The van der Waals surface area contributed by atoms with Gasteiger partial charge in [-0.2, -0.15) is 0 Å². The van der Waals surface area contributed by atoms with E-state index in [1.165, 1.54) is 5.56 Å². The fourth-order valence-corrected chi connectivity index (χ4v) is 3.30. The second-order valence-corrected chi connectivity index (χ2v) is 6.72. The van der Waals surface area contributed by atoms with E-state index in [0.29, 0.717) is 26.2 Å². The molecule has 0 unspecified atom stereocenters. The van der Waals surface area contributed by atoms with E-state index < -0.39 is 0 Å². The summed E-state index contributed by atoms with van der Waals surface area (Å²) in [7, 11) is 1.68. The Kier molecular flexibility index (Phi) is 7.00. The number of hydrogen-bond acceptors (Lipinski definition) is 4. The van der Waals surface area contributed by atoms with Crippen LogP contribution < -0.4 is 19.7 Å². The summed E-state index contributed by atoms with van der Waals surface area (Å²) in [6.07, 6.45) is 1.01. The molecule has 0 spiro atoms. The topological polar surface area (TPSA) is 54.0 Å². The normalized spacial score (nSPS) is 13.9. The fourth-order valence-electron chi connectivity index (χ4n) is 3.30. The third-order valence-corrected chi connectivity index (χ3v) is 4.97. The summed E-state index contributed by atoms with van der Waals surface area (Å²) in [6, 6.07) is 16.0. The molecule has 3 rings (SSSR count). The Morgan fingerprint density at radius 3 is 2.43 bits per heavy atom. The molecule has 0 radical (unpaired) electrons. The van der Waals surface area contributed by atoms with E-state index in [9.17, 15) is 4.79 Å². The SMILES string of the molecule is CCc1ccc(OCCNC(=O)N2CCN(c3ccccc3OC)CC2)cc1. The first-order chi connectivity index (χ1) is 13.7. The maximum Gasteiger partial charge on any atom is 0.317 e. The summed E-state index contributed by atoms with van der Waals surface area (Å²) in [5.74, 6) is 1.70. The molecule has 2 aromatic carbocycles. The van der Waals surface area contributed by atoms with Crippen LogP contribution in [0.4, 0.5) is 10.5 Å². The number of nitrogens with one attached hydrogen (secondary N) is 1. The Balaban J connectivity index is 1.39. The zero-order chi connectivity index (χ0) is 19.8. The lowest BCUT2D eigenvalue weighted by Gasteiger charge is -2.36. The van der Waals surface area contributed by atoms with Crippen molar-refractivity contribution in [1.29, 1.82) is 0 Å². The number of benzene rings is 2. The van der Waals surface area contributed by atoms with Crippen molar-refractivity contribution in [3.63, 3.8) is 0 Å². The van der Waals surface area contributed by atoms with Gasteiger partial charge < -0.3 is 24.6 Å². The molecule has 0 atom stereocenters. The number of para-hydroxylation sites is 2. The Morgan fingerprint density at radius 2 is 1.75 bits per heavy atom. The number of piperazine rings is 1. The number of amides is 2. The van der Waals surface area contributed by atoms with Crippen LogP contribution in [0.15, 0.2) is 48.5 Å². The molecule has 6 nitrogen and oxygen atoms in total. The van der Waals surface area contributed by atoms with Gasteiger partial charge in [-0.1, -0.05) is 31.2 Å². The van der Waals surface area contributed by atoms with Gasteiger partial charge in [0.05, 0.1) is 19.3 Å². The maximum atomic E-state index is 12.4. The van der Waals surface area contributed by atoms with E-state index in [-0.39, 0.29) is 6.03 Å². The van der Waals surface area contributed by atoms with Crippen molar-refractivity contribution in [2.75, 3.05) is 51.3 Å². The van der Waals surface area contributed by atoms with Crippen LogP contribution in [-0.2, 0) is 6.42 Å². The highest BCUT2D eigenvalue weighted by Crippen LogP contribution is 2.28. The van der Waals surface area contributed by atoms with Crippen molar-refractivity contribution in [3.05, 3.63) is 54.1 Å². The van der Waals surface area contributed by atoms with Gasteiger partial charge in [0.15, 0.2) is 0 Å². The maximum absolute atomic E-state index is 12.4. The lowest BCUT2D eigenvalue weighted by molar-refractivity contribution is 0.191. The zero-order valence-corrected chi connectivity index (χ0v) is 16.7. The average molecular weight is 383 g/mol. The van der Waals surface area contributed by atoms with Crippen LogP contribution in [-0.4, -0.2) is 57.4 Å². The summed E-state index contributed by atoms with van der Waals surface area (Å²) >= 11 is 0. The minimum atomic E-state index is -0.0374. The molecule has 0 aromatic heterocycles. The standard InChI is InChI=1S/C22H29N3O3/c1-3-18-8-10-19(11-9-18)28-17-12-23-22(26)25-15-13-24(14-16-25)20-6-4-5-7-21(20)27-2/h4-11H,3,12-17H2,1-2H3,(H,23,26). The van der Waals surface area contributed by atoms with E-state index in [1.54, 1.807) is 7.11 Å². The largest absolute Gasteiger partial charge is 0.495 e. The summed E-state index contributed by atoms with van der Waals surface area (Å²) < 4.78 is 11.1. The highest BCUT2D eigenvalue weighted by molar-refractivity contribution is 5.74. The van der Waals surface area contributed by atoms with Crippen LogP contribution in [0.3, 0.4) is 0 Å². The van der Waals surface area contributed by atoms with Gasteiger partial charge in [-0.25, -0.2) is 4.79 Å². The number of methoxy groups -OCH3 is 1. The van der Waals surface area contributed by atoms with Crippen molar-refractivity contribution in [2.45, 2.75) is 13.3 Å². The molecule has 150 valence electrons. The summed E-state index contributed by atoms with van der Waals surface area (Å²) in [4.78, 5) is 16.5. The smallest absolute Gasteiger partial charge is 0.317 e. The monoisotopic (exact) mass is 383 g/mol. The number of anilines is 1. The molecule has 1 aliphatic rings. The van der Waals surface area contributed by atoms with Crippen molar-refractivity contribution < 1.29 is 14.3 Å². The zero-order valence-electron chi connectivity index (χ0n) is 16.7. The van der Waals surface area contributed by atoms with Gasteiger partial charge >= 0.3 is 6.03 Å². The van der Waals surface area contributed by atoms with Crippen LogP contribution >= 0.6 is 0 Å². The molecule has 0 bridgehead atoms. The van der Waals surface area contributed by atoms with Crippen LogP contribution in [0, 0.1) is 0 Å². The van der Waals surface area contributed by atoms with Crippen molar-refractivity contribution in [3.8, 4) is 11.5 Å². The second kappa shape index (κ2) is 9.88.